The number of rotatable bonds is 3. The van der Waals surface area contributed by atoms with Gasteiger partial charge < -0.3 is 20.7 Å². The van der Waals surface area contributed by atoms with Crippen LogP contribution < -0.4 is 16.0 Å². The van der Waals surface area contributed by atoms with E-state index in [2.05, 4.69) is 5.32 Å². The highest BCUT2D eigenvalue weighted by atomic mass is 32.1. The Balaban J connectivity index is 2.30. The van der Waals surface area contributed by atoms with Crippen molar-refractivity contribution in [2.75, 3.05) is 30.8 Å². The Morgan fingerprint density at radius 2 is 2.29 bits per heavy atom. The molecule has 7 nitrogen and oxygen atoms in total. The van der Waals surface area contributed by atoms with Crippen molar-refractivity contribution in [3.8, 4) is 6.07 Å². The Kier molecular flexibility index (Phi) is 4.33. The van der Waals surface area contributed by atoms with E-state index in [4.69, 9.17) is 15.7 Å². The lowest BCUT2D eigenvalue weighted by Crippen LogP contribution is -2.35. The van der Waals surface area contributed by atoms with Crippen molar-refractivity contribution in [1.82, 2.24) is 5.32 Å². The third-order valence-electron chi connectivity index (χ3n) is 3.30. The zero-order chi connectivity index (χ0) is 15.6. The Hall–Kier alpha value is -2.27. The number of nitriles is 1. The molecule has 0 spiro atoms. The van der Waals surface area contributed by atoms with Crippen LogP contribution in [0.25, 0.3) is 0 Å². The SMILES string of the molecule is COC(=O)c1c(N2CCC(NC(C)=O)C2)sc(C#N)c1N. The van der Waals surface area contributed by atoms with Crippen molar-refractivity contribution in [2.24, 2.45) is 0 Å². The molecule has 1 aromatic heterocycles. The number of hydrogen-bond acceptors (Lipinski definition) is 7. The van der Waals surface area contributed by atoms with Crippen LogP contribution in [-0.2, 0) is 9.53 Å². The normalized spacial score (nSPS) is 17.4. The summed E-state index contributed by atoms with van der Waals surface area (Å²) in [5.74, 6) is -0.637. The van der Waals surface area contributed by atoms with Crippen LogP contribution in [0, 0.1) is 11.3 Å². The zero-order valence-electron chi connectivity index (χ0n) is 11.8. The summed E-state index contributed by atoms with van der Waals surface area (Å²) in [6.07, 6.45) is 0.778. The van der Waals surface area contributed by atoms with Gasteiger partial charge in [-0.25, -0.2) is 4.79 Å². The fraction of sp³-hybridized carbons (Fsp3) is 0.462. The molecule has 2 heterocycles. The number of ether oxygens (including phenoxy) is 1. The van der Waals surface area contributed by atoms with E-state index in [1.165, 1.54) is 25.4 Å². The van der Waals surface area contributed by atoms with E-state index in [0.29, 0.717) is 23.0 Å². The number of thiophene rings is 1. The molecule has 1 atom stereocenters. The smallest absolute Gasteiger partial charge is 0.343 e. The maximum absolute atomic E-state index is 11.9. The van der Waals surface area contributed by atoms with Crippen molar-refractivity contribution >= 4 is 33.9 Å². The first-order chi connectivity index (χ1) is 9.97. The highest BCUT2D eigenvalue weighted by molar-refractivity contribution is 7.17. The van der Waals surface area contributed by atoms with Gasteiger partial charge in [0.1, 0.15) is 21.5 Å². The number of anilines is 2. The Morgan fingerprint density at radius 3 is 2.86 bits per heavy atom. The second kappa shape index (κ2) is 6.01. The van der Waals surface area contributed by atoms with E-state index < -0.39 is 5.97 Å². The molecule has 1 saturated heterocycles. The number of nitrogens with two attached hydrogens (primary N) is 1. The minimum absolute atomic E-state index is 0.0295. The standard InChI is InChI=1S/C13H16N4O3S/c1-7(18)16-8-3-4-17(6-8)12-10(13(19)20-2)11(15)9(5-14)21-12/h8H,3-4,6,15H2,1-2H3,(H,16,18). The van der Waals surface area contributed by atoms with Gasteiger partial charge in [0.2, 0.25) is 5.91 Å². The fourth-order valence-electron chi connectivity index (χ4n) is 2.39. The summed E-state index contributed by atoms with van der Waals surface area (Å²) >= 11 is 1.17. The first-order valence-electron chi connectivity index (χ1n) is 6.40. The molecule has 8 heteroatoms. The lowest BCUT2D eigenvalue weighted by Gasteiger charge is -2.18. The number of carbonyl (C=O) groups is 2. The molecule has 0 radical (unpaired) electrons. The molecular weight excluding hydrogens is 292 g/mol. The summed E-state index contributed by atoms with van der Waals surface area (Å²) in [6.45, 7) is 2.73. The first kappa shape index (κ1) is 15.1. The predicted octanol–water partition coefficient (Wildman–Crippen LogP) is 0.703. The largest absolute Gasteiger partial charge is 0.465 e. The Morgan fingerprint density at radius 1 is 1.57 bits per heavy atom. The summed E-state index contributed by atoms with van der Waals surface area (Å²) in [5, 5.41) is 12.6. The molecule has 1 fully saturated rings. The van der Waals surface area contributed by atoms with Crippen LogP contribution >= 0.6 is 11.3 Å². The van der Waals surface area contributed by atoms with Crippen molar-refractivity contribution in [3.63, 3.8) is 0 Å². The molecule has 0 aliphatic carbocycles. The van der Waals surface area contributed by atoms with E-state index in [1.807, 2.05) is 11.0 Å². The molecule has 1 aliphatic rings. The van der Waals surface area contributed by atoms with Gasteiger partial charge in [-0.05, 0) is 6.42 Å². The minimum atomic E-state index is -0.553. The lowest BCUT2D eigenvalue weighted by molar-refractivity contribution is -0.119. The average Bonchev–Trinajstić information content (AvgIpc) is 3.01. The maximum Gasteiger partial charge on any atom is 0.343 e. The lowest BCUT2D eigenvalue weighted by atomic mass is 10.2. The second-order valence-electron chi connectivity index (χ2n) is 4.76. The minimum Gasteiger partial charge on any atom is -0.465 e. The quantitative estimate of drug-likeness (QED) is 0.796. The molecule has 112 valence electrons. The third-order valence-corrected chi connectivity index (χ3v) is 4.47. The molecule has 0 aromatic carbocycles. The number of nitrogen functional groups attached to an aromatic ring is 1. The van der Waals surface area contributed by atoms with Crippen LogP contribution in [0.15, 0.2) is 0 Å². The molecule has 1 amide bonds. The van der Waals surface area contributed by atoms with Crippen molar-refractivity contribution in [3.05, 3.63) is 10.4 Å². The van der Waals surface area contributed by atoms with Gasteiger partial charge in [-0.2, -0.15) is 5.26 Å². The zero-order valence-corrected chi connectivity index (χ0v) is 12.6. The van der Waals surface area contributed by atoms with Gasteiger partial charge in [0, 0.05) is 26.1 Å². The number of nitrogens with zero attached hydrogens (tertiary/aromatic N) is 2. The van der Waals surface area contributed by atoms with Crippen LogP contribution in [0.5, 0.6) is 0 Å². The summed E-state index contributed by atoms with van der Waals surface area (Å²) in [7, 11) is 1.28. The van der Waals surface area contributed by atoms with Gasteiger partial charge in [0.25, 0.3) is 0 Å². The van der Waals surface area contributed by atoms with E-state index in [9.17, 15) is 9.59 Å². The number of hydrogen-bond donors (Lipinski definition) is 2. The summed E-state index contributed by atoms with van der Waals surface area (Å²) in [6, 6.07) is 2.02. The third kappa shape index (κ3) is 2.92. The van der Waals surface area contributed by atoms with Crippen LogP contribution in [0.1, 0.15) is 28.6 Å². The highest BCUT2D eigenvalue weighted by Gasteiger charge is 2.31. The van der Waals surface area contributed by atoms with Crippen LogP contribution in [-0.4, -0.2) is 38.1 Å². The van der Waals surface area contributed by atoms with Gasteiger partial charge in [0.05, 0.1) is 12.8 Å². The molecule has 1 aliphatic heterocycles. The topological polar surface area (TPSA) is 108 Å². The van der Waals surface area contributed by atoms with Crippen molar-refractivity contribution < 1.29 is 14.3 Å². The molecule has 2 rings (SSSR count). The van der Waals surface area contributed by atoms with Gasteiger partial charge >= 0.3 is 5.97 Å². The second-order valence-corrected chi connectivity index (χ2v) is 5.76. The Bertz CT molecular complexity index is 620. The highest BCUT2D eigenvalue weighted by Crippen LogP contribution is 2.39. The Labute approximate surface area is 126 Å². The fourth-order valence-corrected chi connectivity index (χ4v) is 3.43. The number of methoxy groups -OCH3 is 1. The van der Waals surface area contributed by atoms with Crippen LogP contribution in [0.3, 0.4) is 0 Å². The predicted molar refractivity (Wildman–Crippen MR) is 79.2 cm³/mol. The van der Waals surface area contributed by atoms with Gasteiger partial charge in [-0.3, -0.25) is 4.79 Å². The molecule has 0 bridgehead atoms. The molecule has 3 N–H and O–H groups in total. The van der Waals surface area contributed by atoms with Gasteiger partial charge in [-0.15, -0.1) is 11.3 Å². The summed E-state index contributed by atoms with van der Waals surface area (Å²) in [4.78, 5) is 25.3. The summed E-state index contributed by atoms with van der Waals surface area (Å²) in [5.41, 5.74) is 6.26. The van der Waals surface area contributed by atoms with E-state index in [1.54, 1.807) is 0 Å². The number of amides is 1. The van der Waals surface area contributed by atoms with E-state index in [-0.39, 0.29) is 23.2 Å². The molecular formula is C13H16N4O3S. The van der Waals surface area contributed by atoms with Gasteiger partial charge in [-0.1, -0.05) is 0 Å². The number of carbonyl (C=O) groups excluding carboxylic acids is 2. The maximum atomic E-state index is 11.9. The van der Waals surface area contributed by atoms with Crippen molar-refractivity contribution in [1.29, 1.82) is 5.26 Å². The number of nitrogens with one attached hydrogen (secondary N) is 1. The monoisotopic (exact) mass is 308 g/mol. The number of esters is 1. The van der Waals surface area contributed by atoms with Crippen LogP contribution in [0.2, 0.25) is 0 Å². The molecule has 0 saturated carbocycles. The molecule has 1 unspecified atom stereocenters. The molecule has 21 heavy (non-hydrogen) atoms. The average molecular weight is 308 g/mol. The van der Waals surface area contributed by atoms with Crippen LogP contribution in [0.4, 0.5) is 10.7 Å². The van der Waals surface area contributed by atoms with E-state index >= 15 is 0 Å². The van der Waals surface area contributed by atoms with E-state index in [0.717, 1.165) is 6.42 Å². The first-order valence-corrected chi connectivity index (χ1v) is 7.22. The van der Waals surface area contributed by atoms with Gasteiger partial charge in [0.15, 0.2) is 0 Å². The van der Waals surface area contributed by atoms with Crippen molar-refractivity contribution in [2.45, 2.75) is 19.4 Å². The molecule has 1 aromatic rings. The summed E-state index contributed by atoms with van der Waals surface area (Å²) < 4.78 is 4.75.